The molecule has 0 aliphatic heterocycles. The first kappa shape index (κ1) is 12.4. The summed E-state index contributed by atoms with van der Waals surface area (Å²) in [5.41, 5.74) is 6.94. The molecule has 5 heteroatoms. The molecule has 0 bridgehead atoms. The van der Waals surface area contributed by atoms with Crippen LogP contribution in [0.3, 0.4) is 0 Å². The first-order valence-corrected chi connectivity index (χ1v) is 5.68. The van der Waals surface area contributed by atoms with Crippen molar-refractivity contribution in [3.05, 3.63) is 59.7 Å². The molecule has 1 aromatic heterocycles. The van der Waals surface area contributed by atoms with E-state index < -0.39 is 0 Å². The predicted molar refractivity (Wildman–Crippen MR) is 70.9 cm³/mol. The fourth-order valence-electron chi connectivity index (χ4n) is 1.42. The maximum atomic E-state index is 12.9. The van der Waals surface area contributed by atoms with Crippen LogP contribution in [0.2, 0.25) is 0 Å². The molecule has 1 heterocycles. The first-order chi connectivity index (χ1) is 8.65. The zero-order valence-corrected chi connectivity index (χ0v) is 10.3. The van der Waals surface area contributed by atoms with Crippen LogP contribution in [-0.2, 0) is 6.61 Å². The van der Waals surface area contributed by atoms with Crippen LogP contribution in [0.15, 0.2) is 42.7 Å². The van der Waals surface area contributed by atoms with Gasteiger partial charge in [-0.1, -0.05) is 12.2 Å². The third-order valence-electron chi connectivity index (χ3n) is 2.31. The number of halogens is 1. The van der Waals surface area contributed by atoms with E-state index in [1.165, 1.54) is 6.07 Å². The van der Waals surface area contributed by atoms with Gasteiger partial charge in [-0.3, -0.25) is 4.98 Å². The Labute approximate surface area is 109 Å². The lowest BCUT2D eigenvalue weighted by atomic mass is 10.2. The standard InChI is InChI=1S/C13H11FN2OS/c14-11-5-9(6-16-7-11)8-17-12-3-1-10(2-4-12)13(15)18/h1-7H,8H2,(H2,15,18). The Morgan fingerprint density at radius 3 is 2.61 bits per heavy atom. The number of nitrogens with zero attached hydrogens (tertiary/aromatic N) is 1. The molecule has 0 aliphatic carbocycles. The van der Waals surface area contributed by atoms with Crippen molar-refractivity contribution in [1.29, 1.82) is 0 Å². The molecule has 0 aliphatic rings. The number of pyridine rings is 1. The summed E-state index contributed by atoms with van der Waals surface area (Å²) in [4.78, 5) is 4.09. The van der Waals surface area contributed by atoms with Gasteiger partial charge in [-0.25, -0.2) is 4.39 Å². The Hall–Kier alpha value is -2.01. The van der Waals surface area contributed by atoms with Crippen LogP contribution in [0.25, 0.3) is 0 Å². The highest BCUT2D eigenvalue weighted by atomic mass is 32.1. The molecule has 1 aromatic carbocycles. The Morgan fingerprint density at radius 2 is 2.00 bits per heavy atom. The predicted octanol–water partition coefficient (Wildman–Crippen LogP) is 2.43. The summed E-state index contributed by atoms with van der Waals surface area (Å²) in [5.74, 6) is 0.291. The second-order valence-electron chi connectivity index (χ2n) is 3.69. The van der Waals surface area contributed by atoms with E-state index in [1.807, 2.05) is 0 Å². The van der Waals surface area contributed by atoms with Gasteiger partial charge in [0.15, 0.2) is 0 Å². The van der Waals surface area contributed by atoms with E-state index >= 15 is 0 Å². The van der Waals surface area contributed by atoms with Crippen molar-refractivity contribution in [2.45, 2.75) is 6.61 Å². The number of benzene rings is 1. The van der Waals surface area contributed by atoms with Crippen LogP contribution < -0.4 is 10.5 Å². The number of aromatic nitrogens is 1. The van der Waals surface area contributed by atoms with Crippen LogP contribution in [0, 0.1) is 5.82 Å². The van der Waals surface area contributed by atoms with Crippen molar-refractivity contribution >= 4 is 17.2 Å². The van der Waals surface area contributed by atoms with Crippen molar-refractivity contribution in [2.24, 2.45) is 5.73 Å². The normalized spacial score (nSPS) is 10.1. The zero-order chi connectivity index (χ0) is 13.0. The van der Waals surface area contributed by atoms with Crippen LogP contribution in [-0.4, -0.2) is 9.97 Å². The molecule has 0 radical (unpaired) electrons. The van der Waals surface area contributed by atoms with Gasteiger partial charge >= 0.3 is 0 Å². The highest BCUT2D eigenvalue weighted by Crippen LogP contribution is 2.14. The van der Waals surface area contributed by atoms with Crippen LogP contribution >= 0.6 is 12.2 Å². The fourth-order valence-corrected chi connectivity index (χ4v) is 1.55. The van der Waals surface area contributed by atoms with Gasteiger partial charge in [0, 0.05) is 17.3 Å². The summed E-state index contributed by atoms with van der Waals surface area (Å²) in [6.45, 7) is 0.261. The van der Waals surface area contributed by atoms with E-state index in [0.29, 0.717) is 16.3 Å². The molecular formula is C13H11FN2OS. The number of rotatable bonds is 4. The molecule has 0 unspecified atom stereocenters. The van der Waals surface area contributed by atoms with E-state index in [2.05, 4.69) is 4.98 Å². The largest absolute Gasteiger partial charge is 0.489 e. The van der Waals surface area contributed by atoms with E-state index in [9.17, 15) is 4.39 Å². The van der Waals surface area contributed by atoms with Gasteiger partial charge < -0.3 is 10.5 Å². The molecule has 2 N–H and O–H groups in total. The molecule has 0 fully saturated rings. The Bertz CT molecular complexity index is 557. The molecule has 2 aromatic rings. The van der Waals surface area contributed by atoms with Crippen molar-refractivity contribution in [2.75, 3.05) is 0 Å². The van der Waals surface area contributed by atoms with Gasteiger partial charge in [0.25, 0.3) is 0 Å². The van der Waals surface area contributed by atoms with Crippen LogP contribution in [0.1, 0.15) is 11.1 Å². The van der Waals surface area contributed by atoms with Gasteiger partial charge in [-0.15, -0.1) is 0 Å². The Kier molecular flexibility index (Phi) is 3.84. The van der Waals surface area contributed by atoms with E-state index in [-0.39, 0.29) is 12.4 Å². The monoisotopic (exact) mass is 262 g/mol. The van der Waals surface area contributed by atoms with E-state index in [4.69, 9.17) is 22.7 Å². The lowest BCUT2D eigenvalue weighted by Crippen LogP contribution is -2.08. The molecule has 0 saturated heterocycles. The van der Waals surface area contributed by atoms with Crippen LogP contribution in [0.4, 0.5) is 4.39 Å². The highest BCUT2D eigenvalue weighted by molar-refractivity contribution is 7.80. The number of hydrogen-bond donors (Lipinski definition) is 1. The molecule has 0 atom stereocenters. The summed E-state index contributed by atoms with van der Waals surface area (Å²) in [6, 6.07) is 8.47. The molecule has 0 saturated carbocycles. The maximum Gasteiger partial charge on any atom is 0.141 e. The third-order valence-corrected chi connectivity index (χ3v) is 2.54. The van der Waals surface area contributed by atoms with Gasteiger partial charge in [0.1, 0.15) is 23.2 Å². The second-order valence-corrected chi connectivity index (χ2v) is 4.13. The van der Waals surface area contributed by atoms with Gasteiger partial charge in [-0.2, -0.15) is 0 Å². The van der Waals surface area contributed by atoms with Crippen molar-refractivity contribution in [3.8, 4) is 5.75 Å². The number of hydrogen-bond acceptors (Lipinski definition) is 3. The minimum absolute atomic E-state index is 0.261. The fraction of sp³-hybridized carbons (Fsp3) is 0.0769. The molecule has 3 nitrogen and oxygen atoms in total. The molecule has 2 rings (SSSR count). The van der Waals surface area contributed by atoms with Gasteiger partial charge in [0.05, 0.1) is 6.20 Å². The maximum absolute atomic E-state index is 12.9. The van der Waals surface area contributed by atoms with Gasteiger partial charge in [-0.05, 0) is 30.3 Å². The zero-order valence-electron chi connectivity index (χ0n) is 9.47. The van der Waals surface area contributed by atoms with Crippen LogP contribution in [0.5, 0.6) is 5.75 Å². The Balaban J connectivity index is 2.00. The SMILES string of the molecule is NC(=S)c1ccc(OCc2cncc(F)c2)cc1. The number of ether oxygens (including phenoxy) is 1. The lowest BCUT2D eigenvalue weighted by molar-refractivity contribution is 0.305. The number of nitrogens with two attached hydrogens (primary N) is 1. The smallest absolute Gasteiger partial charge is 0.141 e. The van der Waals surface area contributed by atoms with E-state index in [1.54, 1.807) is 30.5 Å². The topological polar surface area (TPSA) is 48.1 Å². The van der Waals surface area contributed by atoms with Crippen molar-refractivity contribution in [1.82, 2.24) is 4.98 Å². The molecular weight excluding hydrogens is 251 g/mol. The summed E-state index contributed by atoms with van der Waals surface area (Å²) in [7, 11) is 0. The molecule has 92 valence electrons. The minimum atomic E-state index is -0.375. The van der Waals surface area contributed by atoms with E-state index in [0.717, 1.165) is 11.8 Å². The van der Waals surface area contributed by atoms with Crippen molar-refractivity contribution in [3.63, 3.8) is 0 Å². The average Bonchev–Trinajstić information content (AvgIpc) is 2.37. The molecule has 0 spiro atoms. The second kappa shape index (κ2) is 5.55. The number of thiocarbonyl (C=S) groups is 1. The van der Waals surface area contributed by atoms with Gasteiger partial charge in [0.2, 0.25) is 0 Å². The summed E-state index contributed by atoms with van der Waals surface area (Å²) < 4.78 is 18.4. The molecule has 0 amide bonds. The minimum Gasteiger partial charge on any atom is -0.489 e. The summed E-state index contributed by atoms with van der Waals surface area (Å²) in [6.07, 6.45) is 2.72. The van der Waals surface area contributed by atoms with Crippen molar-refractivity contribution < 1.29 is 9.13 Å². The molecule has 18 heavy (non-hydrogen) atoms. The first-order valence-electron chi connectivity index (χ1n) is 5.27. The highest BCUT2D eigenvalue weighted by Gasteiger charge is 2.00. The average molecular weight is 262 g/mol. The third kappa shape index (κ3) is 3.24. The lowest BCUT2D eigenvalue weighted by Gasteiger charge is -2.06. The quantitative estimate of drug-likeness (QED) is 0.860. The summed E-state index contributed by atoms with van der Waals surface area (Å²) in [5, 5.41) is 0. The Morgan fingerprint density at radius 1 is 1.28 bits per heavy atom. The summed E-state index contributed by atoms with van der Waals surface area (Å²) >= 11 is 4.85.